The third-order valence-corrected chi connectivity index (χ3v) is 4.97. The summed E-state index contributed by atoms with van der Waals surface area (Å²) in [6, 6.07) is 21.2. The maximum absolute atomic E-state index is 13.3. The number of anilines is 1. The molecule has 2 N–H and O–H groups in total. The highest BCUT2D eigenvalue weighted by molar-refractivity contribution is 6.30. The maximum Gasteiger partial charge on any atom is 0.267 e. The summed E-state index contributed by atoms with van der Waals surface area (Å²) in [4.78, 5) is 29.8. The highest BCUT2D eigenvalue weighted by Gasteiger charge is 2.14. The largest absolute Gasteiger partial charge is 0.388 e. The van der Waals surface area contributed by atoms with Crippen molar-refractivity contribution in [1.82, 2.24) is 9.55 Å². The van der Waals surface area contributed by atoms with Gasteiger partial charge in [-0.3, -0.25) is 9.59 Å². The van der Waals surface area contributed by atoms with Crippen molar-refractivity contribution in [2.45, 2.75) is 6.54 Å². The Hall–Kier alpha value is -3.48. The summed E-state index contributed by atoms with van der Waals surface area (Å²) >= 11 is 5.95. The van der Waals surface area contributed by atoms with E-state index < -0.39 is 12.4 Å². The minimum absolute atomic E-state index is 0.257. The Balaban J connectivity index is 1.84. The van der Waals surface area contributed by atoms with Crippen molar-refractivity contribution in [3.63, 3.8) is 0 Å². The molecule has 0 spiro atoms. The first-order valence-electron chi connectivity index (χ1n) is 9.31. The predicted molar refractivity (Wildman–Crippen MR) is 118 cm³/mol. The standard InChI is InChI=1S/C23H18ClN3O3/c24-17-9-6-15(7-10-17)13-25-23-26-20-12-16(21(29)14-28)8-11-19(20)22(30)27(23)18-4-2-1-3-5-18/h1-12,28H,13-14H2,(H,25,26). The number of hydrogen-bond donors (Lipinski definition) is 2. The van der Waals surface area contributed by atoms with Gasteiger partial charge in [0.2, 0.25) is 5.95 Å². The number of aromatic nitrogens is 2. The molecule has 7 heteroatoms. The summed E-state index contributed by atoms with van der Waals surface area (Å²) in [7, 11) is 0. The molecule has 0 amide bonds. The number of halogens is 1. The van der Waals surface area contributed by atoms with Crippen molar-refractivity contribution in [3.05, 3.63) is 99.3 Å². The summed E-state index contributed by atoms with van der Waals surface area (Å²) in [5, 5.41) is 13.4. The van der Waals surface area contributed by atoms with Crippen LogP contribution in [0.3, 0.4) is 0 Å². The molecule has 30 heavy (non-hydrogen) atoms. The molecule has 3 aromatic carbocycles. The molecular weight excluding hydrogens is 402 g/mol. The molecule has 1 heterocycles. The molecule has 4 rings (SSSR count). The number of fused-ring (bicyclic) bond motifs is 1. The summed E-state index contributed by atoms with van der Waals surface area (Å²) in [5.74, 6) is -0.0798. The lowest BCUT2D eigenvalue weighted by molar-refractivity contribution is 0.0904. The predicted octanol–water partition coefficient (Wildman–Crippen LogP) is 3.83. The lowest BCUT2D eigenvalue weighted by Gasteiger charge is -2.15. The number of nitrogens with one attached hydrogen (secondary N) is 1. The fourth-order valence-corrected chi connectivity index (χ4v) is 3.30. The van der Waals surface area contributed by atoms with Gasteiger partial charge in [0.25, 0.3) is 5.56 Å². The van der Waals surface area contributed by atoms with Crippen LogP contribution in [0.15, 0.2) is 77.6 Å². The number of ketones is 1. The van der Waals surface area contributed by atoms with Gasteiger partial charge in [0.1, 0.15) is 6.61 Å². The monoisotopic (exact) mass is 419 g/mol. The Morgan fingerprint density at radius 3 is 2.47 bits per heavy atom. The van der Waals surface area contributed by atoms with Crippen molar-refractivity contribution < 1.29 is 9.90 Å². The fourth-order valence-electron chi connectivity index (χ4n) is 3.17. The second kappa shape index (κ2) is 8.49. The van der Waals surface area contributed by atoms with Gasteiger partial charge in [0, 0.05) is 17.1 Å². The average Bonchev–Trinajstić information content (AvgIpc) is 2.78. The zero-order chi connectivity index (χ0) is 21.1. The van der Waals surface area contributed by atoms with E-state index in [2.05, 4.69) is 10.3 Å². The van der Waals surface area contributed by atoms with E-state index in [-0.39, 0.29) is 5.56 Å². The van der Waals surface area contributed by atoms with Crippen LogP contribution in [0.2, 0.25) is 5.02 Å². The van der Waals surface area contributed by atoms with Gasteiger partial charge in [-0.25, -0.2) is 9.55 Å². The van der Waals surface area contributed by atoms with Gasteiger partial charge in [-0.1, -0.05) is 48.0 Å². The molecule has 0 aliphatic rings. The lowest BCUT2D eigenvalue weighted by atomic mass is 10.1. The van der Waals surface area contributed by atoms with Crippen molar-refractivity contribution >= 4 is 34.2 Å². The van der Waals surface area contributed by atoms with Gasteiger partial charge in [-0.05, 0) is 42.0 Å². The van der Waals surface area contributed by atoms with Gasteiger partial charge in [-0.2, -0.15) is 0 Å². The van der Waals surface area contributed by atoms with Crippen molar-refractivity contribution in [3.8, 4) is 5.69 Å². The zero-order valence-corrected chi connectivity index (χ0v) is 16.6. The molecule has 0 unspecified atom stereocenters. The van der Waals surface area contributed by atoms with Gasteiger partial charge in [-0.15, -0.1) is 0 Å². The van der Waals surface area contributed by atoms with Crippen LogP contribution in [0.25, 0.3) is 16.6 Å². The van der Waals surface area contributed by atoms with Crippen LogP contribution in [-0.4, -0.2) is 27.0 Å². The molecule has 0 saturated heterocycles. The maximum atomic E-state index is 13.3. The van der Waals surface area contributed by atoms with Crippen LogP contribution < -0.4 is 10.9 Å². The van der Waals surface area contributed by atoms with Crippen LogP contribution in [-0.2, 0) is 6.54 Å². The molecule has 0 bridgehead atoms. The Morgan fingerprint density at radius 2 is 1.77 bits per heavy atom. The topological polar surface area (TPSA) is 84.2 Å². The van der Waals surface area contributed by atoms with Crippen molar-refractivity contribution in [2.75, 3.05) is 11.9 Å². The fraction of sp³-hybridized carbons (Fsp3) is 0.0870. The Morgan fingerprint density at radius 1 is 1.03 bits per heavy atom. The third-order valence-electron chi connectivity index (χ3n) is 4.71. The zero-order valence-electron chi connectivity index (χ0n) is 15.9. The molecule has 0 atom stereocenters. The van der Waals surface area contributed by atoms with Gasteiger partial charge >= 0.3 is 0 Å². The number of carbonyl (C=O) groups is 1. The highest BCUT2D eigenvalue weighted by Crippen LogP contribution is 2.19. The quantitative estimate of drug-likeness (QED) is 0.464. The van der Waals surface area contributed by atoms with Crippen LogP contribution in [0.4, 0.5) is 5.95 Å². The van der Waals surface area contributed by atoms with Crippen LogP contribution in [0, 0.1) is 0 Å². The number of para-hydroxylation sites is 1. The van der Waals surface area contributed by atoms with Gasteiger partial charge < -0.3 is 10.4 Å². The Labute approximate surface area is 177 Å². The summed E-state index contributed by atoms with van der Waals surface area (Å²) in [6.07, 6.45) is 0. The molecular formula is C23H18ClN3O3. The first kappa shape index (κ1) is 19.8. The second-order valence-electron chi connectivity index (χ2n) is 6.70. The first-order chi connectivity index (χ1) is 14.6. The Kier molecular flexibility index (Phi) is 5.61. The summed E-state index contributed by atoms with van der Waals surface area (Å²) in [5.41, 5.74) is 2.07. The molecule has 0 aliphatic carbocycles. The van der Waals surface area contributed by atoms with E-state index >= 15 is 0 Å². The molecule has 150 valence electrons. The van der Waals surface area contributed by atoms with E-state index in [9.17, 15) is 9.59 Å². The molecule has 4 aromatic rings. The van der Waals surface area contributed by atoms with Crippen LogP contribution in [0.1, 0.15) is 15.9 Å². The highest BCUT2D eigenvalue weighted by atomic mass is 35.5. The second-order valence-corrected chi connectivity index (χ2v) is 7.14. The van der Waals surface area contributed by atoms with Crippen molar-refractivity contribution in [1.29, 1.82) is 0 Å². The summed E-state index contributed by atoms with van der Waals surface area (Å²) < 4.78 is 1.51. The number of benzene rings is 3. The number of nitrogens with zero attached hydrogens (tertiary/aromatic N) is 2. The normalized spacial score (nSPS) is 10.9. The van der Waals surface area contributed by atoms with Gasteiger partial charge in [0.15, 0.2) is 5.78 Å². The van der Waals surface area contributed by atoms with E-state index in [0.29, 0.717) is 39.7 Å². The van der Waals surface area contributed by atoms with E-state index in [1.54, 1.807) is 18.2 Å². The van der Waals surface area contributed by atoms with Crippen molar-refractivity contribution in [2.24, 2.45) is 0 Å². The van der Waals surface area contributed by atoms with E-state index in [1.807, 2.05) is 42.5 Å². The van der Waals surface area contributed by atoms with E-state index in [1.165, 1.54) is 16.7 Å². The number of carbonyl (C=O) groups excluding carboxylic acids is 1. The Bertz CT molecular complexity index is 1270. The van der Waals surface area contributed by atoms with Gasteiger partial charge in [0.05, 0.1) is 16.6 Å². The smallest absolute Gasteiger partial charge is 0.267 e. The number of aliphatic hydroxyl groups is 1. The minimum atomic E-state index is -0.603. The van der Waals surface area contributed by atoms with E-state index in [0.717, 1.165) is 5.56 Å². The lowest BCUT2D eigenvalue weighted by Crippen LogP contribution is -2.24. The molecule has 0 aliphatic heterocycles. The SMILES string of the molecule is O=C(CO)c1ccc2c(=O)n(-c3ccccc3)c(NCc3ccc(Cl)cc3)nc2c1. The van der Waals surface area contributed by atoms with Crippen LogP contribution >= 0.6 is 11.6 Å². The van der Waals surface area contributed by atoms with E-state index in [4.69, 9.17) is 16.7 Å². The number of Topliss-reactive ketones (excluding diaryl/α,β-unsaturated/α-hetero) is 1. The number of hydrogen-bond acceptors (Lipinski definition) is 5. The molecule has 0 saturated carbocycles. The third kappa shape index (κ3) is 3.96. The minimum Gasteiger partial charge on any atom is -0.388 e. The van der Waals surface area contributed by atoms with Crippen LogP contribution in [0.5, 0.6) is 0 Å². The molecule has 0 radical (unpaired) electrons. The average molecular weight is 420 g/mol. The number of rotatable bonds is 6. The molecule has 0 fully saturated rings. The number of aliphatic hydroxyl groups excluding tert-OH is 1. The molecule has 6 nitrogen and oxygen atoms in total. The molecule has 1 aromatic heterocycles. The first-order valence-corrected chi connectivity index (χ1v) is 9.69. The summed E-state index contributed by atoms with van der Waals surface area (Å²) in [6.45, 7) is -0.175.